The lowest BCUT2D eigenvalue weighted by Gasteiger charge is -2.31. The van der Waals surface area contributed by atoms with Gasteiger partial charge in [-0.25, -0.2) is 0 Å². The van der Waals surface area contributed by atoms with E-state index in [1.807, 2.05) is 0 Å². The third kappa shape index (κ3) is 1.24. The van der Waals surface area contributed by atoms with Crippen LogP contribution in [-0.2, 0) is 0 Å². The maximum Gasteiger partial charge on any atom is 0.0427 e. The van der Waals surface area contributed by atoms with Gasteiger partial charge in [-0.1, -0.05) is 5.57 Å². The van der Waals surface area contributed by atoms with Gasteiger partial charge in [-0.3, -0.25) is 4.90 Å². The van der Waals surface area contributed by atoms with Crippen molar-refractivity contribution in [1.29, 1.82) is 0 Å². The first-order valence-corrected chi connectivity index (χ1v) is 4.78. The summed E-state index contributed by atoms with van der Waals surface area (Å²) in [5.41, 5.74) is 1.42. The van der Waals surface area contributed by atoms with E-state index in [1.54, 1.807) is 0 Å². The van der Waals surface area contributed by atoms with Crippen molar-refractivity contribution < 1.29 is 0 Å². The fourth-order valence-electron chi connectivity index (χ4n) is 2.39. The van der Waals surface area contributed by atoms with Gasteiger partial charge in [0.1, 0.15) is 0 Å². The largest absolute Gasteiger partial charge is 0.372 e. The van der Waals surface area contributed by atoms with E-state index in [-0.39, 0.29) is 0 Å². The fraction of sp³-hybridized carbons (Fsp3) is 0.800. The summed E-state index contributed by atoms with van der Waals surface area (Å²) < 4.78 is 0. The van der Waals surface area contributed by atoms with Crippen LogP contribution in [0.2, 0.25) is 0 Å². The van der Waals surface area contributed by atoms with Crippen molar-refractivity contribution >= 4 is 0 Å². The van der Waals surface area contributed by atoms with Crippen LogP contribution in [0.4, 0.5) is 0 Å². The molecule has 2 saturated heterocycles. The highest BCUT2D eigenvalue weighted by molar-refractivity contribution is 5.05. The Hall–Kier alpha value is -0.500. The molecule has 0 aliphatic carbocycles. The van der Waals surface area contributed by atoms with Crippen molar-refractivity contribution in [2.45, 2.75) is 32.4 Å². The standard InChI is InChI=1S/C10H18N2/c1-8(2)5-12-7-9-4-10(12)6-11(9)3/h5,9-10H,4,6-7H2,1-3H3. The maximum absolute atomic E-state index is 2.51. The van der Waals surface area contributed by atoms with Gasteiger partial charge in [0.15, 0.2) is 0 Å². The first kappa shape index (κ1) is 8.11. The molecule has 0 amide bonds. The number of piperazine rings is 1. The zero-order valence-electron chi connectivity index (χ0n) is 8.25. The molecule has 2 nitrogen and oxygen atoms in total. The van der Waals surface area contributed by atoms with Gasteiger partial charge < -0.3 is 4.90 Å². The van der Waals surface area contributed by atoms with Gasteiger partial charge >= 0.3 is 0 Å². The molecule has 2 heteroatoms. The normalized spacial score (nSPS) is 34.4. The molecule has 0 spiro atoms. The van der Waals surface area contributed by atoms with Gasteiger partial charge in [-0.05, 0) is 33.5 Å². The number of rotatable bonds is 1. The lowest BCUT2D eigenvalue weighted by Crippen LogP contribution is -2.41. The molecule has 2 atom stereocenters. The highest BCUT2D eigenvalue weighted by Gasteiger charge is 2.39. The van der Waals surface area contributed by atoms with Gasteiger partial charge in [-0.15, -0.1) is 0 Å². The summed E-state index contributed by atoms with van der Waals surface area (Å²) in [4.78, 5) is 5.00. The summed E-state index contributed by atoms with van der Waals surface area (Å²) in [6.07, 6.45) is 3.69. The number of hydrogen-bond acceptors (Lipinski definition) is 2. The van der Waals surface area contributed by atoms with E-state index in [0.29, 0.717) is 0 Å². The van der Waals surface area contributed by atoms with Crippen LogP contribution in [-0.4, -0.2) is 42.0 Å². The van der Waals surface area contributed by atoms with Crippen LogP contribution in [0.3, 0.4) is 0 Å². The Labute approximate surface area is 74.8 Å². The van der Waals surface area contributed by atoms with E-state index >= 15 is 0 Å². The number of hydrogen-bond donors (Lipinski definition) is 0. The van der Waals surface area contributed by atoms with Crippen LogP contribution in [0.25, 0.3) is 0 Å². The summed E-state index contributed by atoms with van der Waals surface area (Å²) >= 11 is 0. The number of likely N-dealkylation sites (N-methyl/N-ethyl adjacent to an activating group) is 1. The summed E-state index contributed by atoms with van der Waals surface area (Å²) in [5.74, 6) is 0. The second kappa shape index (κ2) is 2.77. The molecule has 0 aromatic carbocycles. The van der Waals surface area contributed by atoms with Crippen molar-refractivity contribution in [3.8, 4) is 0 Å². The predicted octanol–water partition coefficient (Wildman–Crippen LogP) is 1.30. The van der Waals surface area contributed by atoms with Crippen LogP contribution >= 0.6 is 0 Å². The Morgan fingerprint density at radius 3 is 2.42 bits per heavy atom. The summed E-state index contributed by atoms with van der Waals surface area (Å²) in [7, 11) is 2.24. The van der Waals surface area contributed by atoms with Crippen molar-refractivity contribution in [2.24, 2.45) is 0 Å². The summed E-state index contributed by atoms with van der Waals surface area (Å²) in [6.45, 7) is 6.85. The van der Waals surface area contributed by atoms with Crippen LogP contribution in [0.5, 0.6) is 0 Å². The third-order valence-corrected chi connectivity index (χ3v) is 2.98. The van der Waals surface area contributed by atoms with Crippen LogP contribution in [0.15, 0.2) is 11.8 Å². The molecule has 2 aliphatic heterocycles. The Morgan fingerprint density at radius 2 is 2.00 bits per heavy atom. The average molecular weight is 166 g/mol. The number of fused-ring (bicyclic) bond motifs is 2. The Bertz CT molecular complexity index is 204. The molecule has 12 heavy (non-hydrogen) atoms. The molecule has 2 rings (SSSR count). The predicted molar refractivity (Wildman–Crippen MR) is 51.0 cm³/mol. The van der Waals surface area contributed by atoms with Crippen LogP contribution < -0.4 is 0 Å². The molecule has 2 aliphatic rings. The molecule has 2 fully saturated rings. The van der Waals surface area contributed by atoms with Crippen LogP contribution in [0, 0.1) is 0 Å². The first-order valence-electron chi connectivity index (χ1n) is 4.78. The van der Waals surface area contributed by atoms with E-state index < -0.39 is 0 Å². The Kier molecular flexibility index (Phi) is 1.87. The van der Waals surface area contributed by atoms with E-state index in [4.69, 9.17) is 0 Å². The zero-order chi connectivity index (χ0) is 8.72. The fourth-order valence-corrected chi connectivity index (χ4v) is 2.39. The molecule has 0 aromatic heterocycles. The van der Waals surface area contributed by atoms with Crippen LogP contribution in [0.1, 0.15) is 20.3 Å². The third-order valence-electron chi connectivity index (χ3n) is 2.98. The minimum absolute atomic E-state index is 0.801. The van der Waals surface area contributed by atoms with E-state index in [9.17, 15) is 0 Å². The molecule has 2 heterocycles. The Morgan fingerprint density at radius 1 is 1.25 bits per heavy atom. The molecule has 0 N–H and O–H groups in total. The quantitative estimate of drug-likeness (QED) is 0.579. The molecule has 2 bridgehead atoms. The van der Waals surface area contributed by atoms with Gasteiger partial charge in [-0.2, -0.15) is 0 Å². The molecule has 2 unspecified atom stereocenters. The highest BCUT2D eigenvalue weighted by atomic mass is 15.3. The van der Waals surface area contributed by atoms with Gasteiger partial charge in [0.05, 0.1) is 0 Å². The number of allylic oxidation sites excluding steroid dienone is 1. The summed E-state index contributed by atoms with van der Waals surface area (Å²) in [6, 6.07) is 1.63. The molecule has 0 saturated carbocycles. The second-order valence-electron chi connectivity index (χ2n) is 4.39. The van der Waals surface area contributed by atoms with Crippen molar-refractivity contribution in [3.63, 3.8) is 0 Å². The maximum atomic E-state index is 2.51. The highest BCUT2D eigenvalue weighted by Crippen LogP contribution is 2.29. The Balaban J connectivity index is 2.03. The second-order valence-corrected chi connectivity index (χ2v) is 4.39. The molecular weight excluding hydrogens is 148 g/mol. The van der Waals surface area contributed by atoms with E-state index in [0.717, 1.165) is 12.1 Å². The van der Waals surface area contributed by atoms with E-state index in [2.05, 4.69) is 36.9 Å². The SMILES string of the molecule is CC(C)=CN1CC2CC1CN2C. The molecule has 0 aromatic rings. The summed E-state index contributed by atoms with van der Waals surface area (Å²) in [5, 5.41) is 0. The van der Waals surface area contributed by atoms with Gasteiger partial charge in [0.2, 0.25) is 0 Å². The molecular formula is C10H18N2. The monoisotopic (exact) mass is 166 g/mol. The van der Waals surface area contributed by atoms with Gasteiger partial charge in [0, 0.05) is 25.2 Å². The van der Waals surface area contributed by atoms with E-state index in [1.165, 1.54) is 25.1 Å². The number of likely N-dealkylation sites (tertiary alicyclic amines) is 2. The molecule has 0 radical (unpaired) electrons. The minimum Gasteiger partial charge on any atom is -0.372 e. The first-order chi connectivity index (χ1) is 5.66. The minimum atomic E-state index is 0.801. The lowest BCUT2D eigenvalue weighted by molar-refractivity contribution is 0.193. The smallest absolute Gasteiger partial charge is 0.0427 e. The van der Waals surface area contributed by atoms with Gasteiger partial charge in [0.25, 0.3) is 0 Å². The van der Waals surface area contributed by atoms with Crippen molar-refractivity contribution in [1.82, 2.24) is 9.80 Å². The lowest BCUT2D eigenvalue weighted by atomic mass is 10.2. The van der Waals surface area contributed by atoms with Crippen molar-refractivity contribution in [3.05, 3.63) is 11.8 Å². The zero-order valence-corrected chi connectivity index (χ0v) is 8.25. The van der Waals surface area contributed by atoms with Crippen molar-refractivity contribution in [2.75, 3.05) is 20.1 Å². The topological polar surface area (TPSA) is 6.48 Å². The average Bonchev–Trinajstić information content (AvgIpc) is 2.44. The number of nitrogens with zero attached hydrogens (tertiary/aromatic N) is 2. The molecule has 68 valence electrons.